The van der Waals surface area contributed by atoms with E-state index >= 15 is 0 Å². The number of hydrogen-bond acceptors (Lipinski definition) is 4. The van der Waals surface area contributed by atoms with Gasteiger partial charge in [-0.25, -0.2) is 4.31 Å². The van der Waals surface area contributed by atoms with Crippen molar-refractivity contribution < 1.29 is 26.7 Å². The molecule has 1 fully saturated rings. The topological polar surface area (TPSA) is 44.4 Å². The van der Waals surface area contributed by atoms with Gasteiger partial charge in [-0.2, -0.15) is 22.0 Å². The van der Waals surface area contributed by atoms with Crippen LogP contribution in [0.2, 0.25) is 0 Å². The predicted octanol–water partition coefficient (Wildman–Crippen LogP) is 7.67. The smallest absolute Gasteiger partial charge is 0.349 e. The molecule has 2 aromatic carbocycles. The van der Waals surface area contributed by atoms with E-state index in [1.165, 1.54) is 40.8 Å². The highest BCUT2D eigenvalue weighted by molar-refractivity contribution is 7.97. The van der Waals surface area contributed by atoms with Crippen molar-refractivity contribution in [3.63, 3.8) is 0 Å². The van der Waals surface area contributed by atoms with Gasteiger partial charge in [-0.05, 0) is 93.6 Å². The number of benzene rings is 2. The Bertz CT molecular complexity index is 1160. The molecule has 0 radical (unpaired) electrons. The molecule has 2 N–H and O–H groups in total. The molecule has 2 aromatic rings. The SMILES string of the molecule is CC(C)(C)NCc1ccc2c(c1)CCC[C@H]2NC(=O)C[C@@H]1CCCCN1Sc1ccc(C(F)(F)C(F)(F)F)cc1. The minimum Gasteiger partial charge on any atom is -0.349 e. The minimum atomic E-state index is -5.64. The van der Waals surface area contributed by atoms with E-state index < -0.39 is 17.7 Å². The summed E-state index contributed by atoms with van der Waals surface area (Å²) >= 11 is 1.31. The van der Waals surface area contributed by atoms with Crippen LogP contribution in [0.25, 0.3) is 0 Å². The van der Waals surface area contributed by atoms with Gasteiger partial charge in [0.1, 0.15) is 0 Å². The molecular formula is C30H38F5N3OS. The Kier molecular flexibility index (Phi) is 9.52. The van der Waals surface area contributed by atoms with E-state index in [0.717, 1.165) is 57.2 Å². The standard InChI is InChI=1S/C30H38F5N3OS/c1-28(2,3)36-19-20-10-15-25-21(17-20)7-6-9-26(25)37-27(39)18-23-8-4-5-16-38(23)40-24-13-11-22(12-14-24)29(31,32)30(33,34)35/h10-15,17,23,26,36H,4-9,16,18-19H2,1-3H3,(H,37,39)/t23-,26+/m0/s1. The summed E-state index contributed by atoms with van der Waals surface area (Å²) in [5.74, 6) is -4.93. The van der Waals surface area contributed by atoms with Crippen molar-refractivity contribution in [3.8, 4) is 0 Å². The molecule has 0 unspecified atom stereocenters. The normalized spacial score (nSPS) is 20.7. The van der Waals surface area contributed by atoms with E-state index in [1.54, 1.807) is 0 Å². The highest BCUT2D eigenvalue weighted by Crippen LogP contribution is 2.44. The molecule has 0 aromatic heterocycles. The summed E-state index contributed by atoms with van der Waals surface area (Å²) < 4.78 is 67.5. The molecule has 4 rings (SSSR count). The van der Waals surface area contributed by atoms with Gasteiger partial charge in [0.15, 0.2) is 0 Å². The van der Waals surface area contributed by atoms with Crippen molar-refractivity contribution in [2.75, 3.05) is 6.54 Å². The van der Waals surface area contributed by atoms with Crippen molar-refractivity contribution in [2.24, 2.45) is 0 Å². The van der Waals surface area contributed by atoms with E-state index in [-0.39, 0.29) is 23.5 Å². The summed E-state index contributed by atoms with van der Waals surface area (Å²) in [4.78, 5) is 13.7. The van der Waals surface area contributed by atoms with Gasteiger partial charge in [-0.3, -0.25) is 4.79 Å². The average Bonchev–Trinajstić information content (AvgIpc) is 2.88. The molecule has 40 heavy (non-hydrogen) atoms. The Morgan fingerprint density at radius 3 is 2.38 bits per heavy atom. The maximum Gasteiger partial charge on any atom is 0.458 e. The second-order valence-electron chi connectivity index (χ2n) is 11.8. The van der Waals surface area contributed by atoms with Gasteiger partial charge in [-0.1, -0.05) is 36.8 Å². The Labute approximate surface area is 237 Å². The van der Waals surface area contributed by atoms with Crippen LogP contribution in [0, 0.1) is 0 Å². The van der Waals surface area contributed by atoms with Crippen molar-refractivity contribution in [1.82, 2.24) is 14.9 Å². The number of carbonyl (C=O) groups is 1. The number of nitrogens with one attached hydrogen (secondary N) is 2. The zero-order valence-electron chi connectivity index (χ0n) is 23.2. The highest BCUT2D eigenvalue weighted by Gasteiger charge is 2.58. The van der Waals surface area contributed by atoms with Gasteiger partial charge in [0.2, 0.25) is 5.91 Å². The quantitative estimate of drug-likeness (QED) is 0.247. The van der Waals surface area contributed by atoms with Crippen molar-refractivity contribution in [2.45, 2.75) is 107 Å². The predicted molar refractivity (Wildman–Crippen MR) is 148 cm³/mol. The second-order valence-corrected chi connectivity index (χ2v) is 13.0. The summed E-state index contributed by atoms with van der Waals surface area (Å²) in [5, 5.41) is 6.76. The fourth-order valence-electron chi connectivity index (χ4n) is 5.28. The Balaban J connectivity index is 1.36. The Morgan fingerprint density at radius 2 is 1.70 bits per heavy atom. The average molecular weight is 584 g/mol. The number of alkyl halides is 5. The van der Waals surface area contributed by atoms with Crippen molar-refractivity contribution >= 4 is 17.9 Å². The molecule has 1 aliphatic carbocycles. The number of rotatable bonds is 8. The van der Waals surface area contributed by atoms with Crippen LogP contribution in [-0.2, 0) is 23.7 Å². The van der Waals surface area contributed by atoms with Gasteiger partial charge in [0.05, 0.1) is 6.04 Å². The summed E-state index contributed by atoms with van der Waals surface area (Å²) in [6.45, 7) is 7.91. The van der Waals surface area contributed by atoms with Crippen LogP contribution in [-0.4, -0.2) is 34.5 Å². The van der Waals surface area contributed by atoms with Gasteiger partial charge in [-0.15, -0.1) is 0 Å². The summed E-state index contributed by atoms with van der Waals surface area (Å²) in [5.41, 5.74) is 2.63. The van der Waals surface area contributed by atoms with Gasteiger partial charge in [0, 0.05) is 41.6 Å². The van der Waals surface area contributed by atoms with Crippen molar-refractivity contribution in [1.29, 1.82) is 0 Å². The molecular weight excluding hydrogens is 545 g/mol. The first-order valence-electron chi connectivity index (χ1n) is 13.9. The number of aryl methyl sites for hydroxylation is 1. The summed E-state index contributed by atoms with van der Waals surface area (Å²) in [7, 11) is 0. The first-order chi connectivity index (χ1) is 18.7. The second kappa shape index (κ2) is 12.4. The summed E-state index contributed by atoms with van der Waals surface area (Å²) in [6, 6.07) is 10.6. The van der Waals surface area contributed by atoms with Crippen LogP contribution in [0.5, 0.6) is 0 Å². The van der Waals surface area contributed by atoms with Crippen LogP contribution >= 0.6 is 11.9 Å². The number of hydrogen-bond donors (Lipinski definition) is 2. The zero-order chi connectivity index (χ0) is 29.1. The maximum atomic E-state index is 13.7. The number of amides is 1. The van der Waals surface area contributed by atoms with Gasteiger partial charge >= 0.3 is 12.1 Å². The molecule has 1 aliphatic heterocycles. The molecule has 0 spiro atoms. The molecule has 10 heteroatoms. The van der Waals surface area contributed by atoms with E-state index in [9.17, 15) is 26.7 Å². The number of nitrogens with zero attached hydrogens (tertiary/aromatic N) is 1. The first kappa shape index (κ1) is 30.8. The Hall–Kier alpha value is -2.17. The maximum absolute atomic E-state index is 13.7. The molecule has 0 saturated carbocycles. The molecule has 2 atom stereocenters. The largest absolute Gasteiger partial charge is 0.458 e. The zero-order valence-corrected chi connectivity index (χ0v) is 24.0. The number of piperidine rings is 1. The minimum absolute atomic E-state index is 0.0307. The molecule has 4 nitrogen and oxygen atoms in total. The highest BCUT2D eigenvalue weighted by atomic mass is 32.2. The molecule has 1 heterocycles. The molecule has 1 amide bonds. The van der Waals surface area contributed by atoms with Crippen LogP contribution < -0.4 is 10.6 Å². The lowest BCUT2D eigenvalue weighted by atomic mass is 9.86. The van der Waals surface area contributed by atoms with E-state index in [1.807, 2.05) is 0 Å². The van der Waals surface area contributed by atoms with E-state index in [0.29, 0.717) is 17.9 Å². The molecule has 220 valence electrons. The van der Waals surface area contributed by atoms with Crippen LogP contribution in [0.4, 0.5) is 22.0 Å². The number of fused-ring (bicyclic) bond motifs is 1. The fraction of sp³-hybridized carbons (Fsp3) is 0.567. The van der Waals surface area contributed by atoms with Gasteiger partial charge < -0.3 is 10.6 Å². The fourth-order valence-corrected chi connectivity index (χ4v) is 6.36. The van der Waals surface area contributed by atoms with Crippen LogP contribution in [0.1, 0.15) is 87.6 Å². The van der Waals surface area contributed by atoms with Crippen LogP contribution in [0.15, 0.2) is 47.4 Å². The lowest BCUT2D eigenvalue weighted by Gasteiger charge is -2.35. The molecule has 0 bridgehead atoms. The third-order valence-corrected chi connectivity index (χ3v) is 8.67. The van der Waals surface area contributed by atoms with Crippen molar-refractivity contribution in [3.05, 3.63) is 64.7 Å². The van der Waals surface area contributed by atoms with E-state index in [4.69, 9.17) is 0 Å². The molecule has 1 saturated heterocycles. The molecule has 2 aliphatic rings. The van der Waals surface area contributed by atoms with Gasteiger partial charge in [0.25, 0.3) is 0 Å². The number of carbonyl (C=O) groups excluding carboxylic acids is 1. The lowest BCUT2D eigenvalue weighted by Crippen LogP contribution is -2.40. The third kappa shape index (κ3) is 7.76. The lowest BCUT2D eigenvalue weighted by molar-refractivity contribution is -0.289. The summed E-state index contributed by atoms with van der Waals surface area (Å²) in [6.07, 6.45) is 0.260. The number of halogens is 5. The Morgan fingerprint density at radius 1 is 0.975 bits per heavy atom. The first-order valence-corrected chi connectivity index (χ1v) is 14.7. The monoisotopic (exact) mass is 583 g/mol. The third-order valence-electron chi connectivity index (χ3n) is 7.47. The van der Waals surface area contributed by atoms with E-state index in [2.05, 4.69) is 53.9 Å². The van der Waals surface area contributed by atoms with Crippen LogP contribution in [0.3, 0.4) is 0 Å².